The van der Waals surface area contributed by atoms with E-state index in [1.54, 1.807) is 25.1 Å². The summed E-state index contributed by atoms with van der Waals surface area (Å²) in [6.07, 6.45) is 3.27. The van der Waals surface area contributed by atoms with Crippen LogP contribution in [0.15, 0.2) is 66.7 Å². The Bertz CT molecular complexity index is 1120. The number of aldehydes is 1. The number of amides is 1. The third-order valence-corrected chi connectivity index (χ3v) is 5.56. The lowest BCUT2D eigenvalue weighted by atomic mass is 9.98. The van der Waals surface area contributed by atoms with Gasteiger partial charge in [-0.2, -0.15) is 0 Å². The SMILES string of the molecule is Cc1ccc(F)c(C=O)c1C=CCNC(=O)OCC1c2ccccc2-c2ccccc21. The molecule has 1 aliphatic carbocycles. The van der Waals surface area contributed by atoms with Gasteiger partial charge in [-0.1, -0.05) is 66.7 Å². The van der Waals surface area contributed by atoms with Crippen molar-refractivity contribution in [3.63, 3.8) is 0 Å². The molecule has 4 rings (SSSR count). The van der Waals surface area contributed by atoms with Gasteiger partial charge in [-0.3, -0.25) is 4.79 Å². The van der Waals surface area contributed by atoms with Crippen LogP contribution in [0.1, 0.15) is 38.5 Å². The monoisotopic (exact) mass is 415 g/mol. The third kappa shape index (κ3) is 4.12. The van der Waals surface area contributed by atoms with Gasteiger partial charge in [0.25, 0.3) is 0 Å². The number of nitrogens with one attached hydrogen (secondary N) is 1. The molecule has 0 spiro atoms. The first-order valence-corrected chi connectivity index (χ1v) is 10.1. The maximum atomic E-state index is 13.8. The van der Waals surface area contributed by atoms with Crippen molar-refractivity contribution in [1.82, 2.24) is 5.32 Å². The van der Waals surface area contributed by atoms with Crippen LogP contribution in [0, 0.1) is 12.7 Å². The molecule has 1 amide bonds. The average molecular weight is 415 g/mol. The van der Waals surface area contributed by atoms with Gasteiger partial charge in [-0.15, -0.1) is 0 Å². The van der Waals surface area contributed by atoms with Gasteiger partial charge in [-0.25, -0.2) is 9.18 Å². The molecule has 4 nitrogen and oxygen atoms in total. The minimum absolute atomic E-state index is 0.00112. The van der Waals surface area contributed by atoms with Crippen molar-refractivity contribution >= 4 is 18.5 Å². The lowest BCUT2D eigenvalue weighted by Gasteiger charge is -2.14. The summed E-state index contributed by atoms with van der Waals surface area (Å²) in [6, 6.07) is 19.2. The number of carbonyl (C=O) groups excluding carboxylic acids is 2. The molecule has 0 atom stereocenters. The molecule has 5 heteroatoms. The number of hydrogen-bond donors (Lipinski definition) is 1. The second kappa shape index (κ2) is 8.96. The maximum absolute atomic E-state index is 13.8. The summed E-state index contributed by atoms with van der Waals surface area (Å²) < 4.78 is 19.3. The zero-order chi connectivity index (χ0) is 21.8. The van der Waals surface area contributed by atoms with Crippen LogP contribution in [0.5, 0.6) is 0 Å². The van der Waals surface area contributed by atoms with Crippen LogP contribution < -0.4 is 5.32 Å². The van der Waals surface area contributed by atoms with Crippen molar-refractivity contribution in [3.8, 4) is 11.1 Å². The van der Waals surface area contributed by atoms with Gasteiger partial charge in [0.1, 0.15) is 12.4 Å². The molecule has 3 aromatic carbocycles. The molecule has 0 aliphatic heterocycles. The highest BCUT2D eigenvalue weighted by Crippen LogP contribution is 2.44. The largest absolute Gasteiger partial charge is 0.449 e. The fourth-order valence-corrected chi connectivity index (χ4v) is 4.03. The Kier molecular flexibility index (Phi) is 5.94. The fourth-order valence-electron chi connectivity index (χ4n) is 4.03. The van der Waals surface area contributed by atoms with E-state index in [9.17, 15) is 14.0 Å². The standard InChI is InChI=1S/C26H22FNO3/c1-17-12-13-25(27)23(15-29)18(17)11-6-14-28-26(30)31-16-24-21-9-4-2-7-19(21)20-8-3-5-10-22(20)24/h2-13,15,24H,14,16H2,1H3,(H,28,30). The van der Waals surface area contributed by atoms with Gasteiger partial charge >= 0.3 is 6.09 Å². The number of aryl methyl sites for hydroxylation is 1. The second-order valence-corrected chi connectivity index (χ2v) is 7.42. The summed E-state index contributed by atoms with van der Waals surface area (Å²) in [6.45, 7) is 2.23. The molecular formula is C26H22FNO3. The molecule has 0 saturated heterocycles. The second-order valence-electron chi connectivity index (χ2n) is 7.42. The van der Waals surface area contributed by atoms with Crippen molar-refractivity contribution in [1.29, 1.82) is 0 Å². The maximum Gasteiger partial charge on any atom is 0.407 e. The number of hydrogen-bond acceptors (Lipinski definition) is 3. The molecule has 0 fully saturated rings. The summed E-state index contributed by atoms with van der Waals surface area (Å²) in [7, 11) is 0. The Morgan fingerprint density at radius 3 is 2.29 bits per heavy atom. The van der Waals surface area contributed by atoms with Gasteiger partial charge in [0.15, 0.2) is 6.29 Å². The van der Waals surface area contributed by atoms with Crippen LogP contribution >= 0.6 is 0 Å². The minimum Gasteiger partial charge on any atom is -0.449 e. The average Bonchev–Trinajstić information content (AvgIpc) is 3.11. The Morgan fingerprint density at radius 1 is 1.00 bits per heavy atom. The van der Waals surface area contributed by atoms with Crippen molar-refractivity contribution in [2.24, 2.45) is 0 Å². The first-order chi connectivity index (χ1) is 15.1. The third-order valence-electron chi connectivity index (χ3n) is 5.56. The molecule has 156 valence electrons. The minimum atomic E-state index is -0.565. The summed E-state index contributed by atoms with van der Waals surface area (Å²) in [4.78, 5) is 23.4. The quantitative estimate of drug-likeness (QED) is 0.541. The molecular weight excluding hydrogens is 393 g/mol. The van der Waals surface area contributed by atoms with Crippen LogP contribution in [0.25, 0.3) is 17.2 Å². The highest BCUT2D eigenvalue weighted by molar-refractivity contribution is 5.83. The van der Waals surface area contributed by atoms with Crippen LogP contribution in [0.2, 0.25) is 0 Å². The van der Waals surface area contributed by atoms with Crippen molar-refractivity contribution in [2.75, 3.05) is 13.2 Å². The van der Waals surface area contributed by atoms with Crippen molar-refractivity contribution in [3.05, 3.63) is 100 Å². The fraction of sp³-hybridized carbons (Fsp3) is 0.154. The highest BCUT2D eigenvalue weighted by atomic mass is 19.1. The van der Waals surface area contributed by atoms with E-state index in [-0.39, 0.29) is 24.6 Å². The molecule has 3 aromatic rings. The van der Waals surface area contributed by atoms with Gasteiger partial charge < -0.3 is 10.1 Å². The zero-order valence-electron chi connectivity index (χ0n) is 17.1. The lowest BCUT2D eigenvalue weighted by Crippen LogP contribution is -2.26. The van der Waals surface area contributed by atoms with Gasteiger partial charge in [0, 0.05) is 12.5 Å². The smallest absolute Gasteiger partial charge is 0.407 e. The van der Waals surface area contributed by atoms with E-state index in [4.69, 9.17) is 4.74 Å². The van der Waals surface area contributed by atoms with E-state index in [1.165, 1.54) is 17.2 Å². The topological polar surface area (TPSA) is 55.4 Å². The number of rotatable bonds is 6. The predicted octanol–water partition coefficient (Wildman–Crippen LogP) is 5.50. The first-order valence-electron chi connectivity index (χ1n) is 10.1. The summed E-state index contributed by atoms with van der Waals surface area (Å²) in [5.41, 5.74) is 5.94. The lowest BCUT2D eigenvalue weighted by molar-refractivity contribution is 0.111. The molecule has 0 heterocycles. The van der Waals surface area contributed by atoms with E-state index >= 15 is 0 Å². The summed E-state index contributed by atoms with van der Waals surface area (Å²) in [5.74, 6) is -0.566. The van der Waals surface area contributed by atoms with E-state index in [0.717, 1.165) is 16.7 Å². The normalized spacial score (nSPS) is 12.5. The summed E-state index contributed by atoms with van der Waals surface area (Å²) >= 11 is 0. The van der Waals surface area contributed by atoms with E-state index < -0.39 is 11.9 Å². The number of carbonyl (C=O) groups is 2. The molecule has 1 N–H and O–H groups in total. The zero-order valence-corrected chi connectivity index (χ0v) is 17.1. The molecule has 0 saturated carbocycles. The number of fused-ring (bicyclic) bond motifs is 3. The highest BCUT2D eigenvalue weighted by Gasteiger charge is 2.28. The van der Waals surface area contributed by atoms with Crippen molar-refractivity contribution in [2.45, 2.75) is 12.8 Å². The molecule has 1 aliphatic rings. The Hall–Kier alpha value is -3.73. The number of alkyl carbamates (subject to hydrolysis) is 1. The van der Waals surface area contributed by atoms with Crippen LogP contribution in [-0.2, 0) is 4.74 Å². The predicted molar refractivity (Wildman–Crippen MR) is 119 cm³/mol. The molecule has 0 aromatic heterocycles. The van der Waals surface area contributed by atoms with Crippen molar-refractivity contribution < 1.29 is 18.7 Å². The van der Waals surface area contributed by atoms with E-state index in [2.05, 4.69) is 29.6 Å². The van der Waals surface area contributed by atoms with Crippen LogP contribution in [0.4, 0.5) is 9.18 Å². The number of halogens is 1. The Labute approximate surface area is 180 Å². The molecule has 0 unspecified atom stereocenters. The number of ether oxygens (including phenoxy) is 1. The van der Waals surface area contributed by atoms with E-state index in [0.29, 0.717) is 11.8 Å². The molecule has 0 radical (unpaired) electrons. The van der Waals surface area contributed by atoms with Gasteiger partial charge in [0.2, 0.25) is 0 Å². The van der Waals surface area contributed by atoms with Gasteiger partial charge in [-0.05, 0) is 46.4 Å². The first kappa shape index (κ1) is 20.5. The number of benzene rings is 3. The molecule has 31 heavy (non-hydrogen) atoms. The van der Waals surface area contributed by atoms with Crippen LogP contribution in [0.3, 0.4) is 0 Å². The summed E-state index contributed by atoms with van der Waals surface area (Å²) in [5, 5.41) is 2.67. The Balaban J connectivity index is 1.36. The van der Waals surface area contributed by atoms with E-state index in [1.807, 2.05) is 24.3 Å². The molecule has 0 bridgehead atoms. The van der Waals surface area contributed by atoms with Gasteiger partial charge in [0.05, 0.1) is 5.56 Å². The van der Waals surface area contributed by atoms with Crippen LogP contribution in [-0.4, -0.2) is 25.5 Å². The Morgan fingerprint density at radius 2 is 1.65 bits per heavy atom.